The highest BCUT2D eigenvalue weighted by Gasteiger charge is 2.54. The minimum atomic E-state index is -0.216. The van der Waals surface area contributed by atoms with Crippen LogP contribution >= 0.6 is 0 Å². The van der Waals surface area contributed by atoms with Crippen LogP contribution in [0.2, 0.25) is 0 Å². The summed E-state index contributed by atoms with van der Waals surface area (Å²) < 4.78 is 0. The number of rotatable bonds is 12. The van der Waals surface area contributed by atoms with E-state index in [1.54, 1.807) is 0 Å². The Morgan fingerprint density at radius 3 is 0.888 bits per heavy atom. The van der Waals surface area contributed by atoms with E-state index in [1.807, 2.05) is 0 Å². The molecule has 12 aliphatic rings. The standard InChI is InChI=1S/C109H87B2N5/c1-8-29-73(30-9-1)86-43-26-44-87(74-31-10-2-11-32-74)107(86)114-96-51-24-22-49-92(96)110-94-67-95-99(68-98(94)113(82-41-20-7-21-42-82)100-63-81(64-101(114)105(100)110)104-79-55-69-53-70(57-79)58-80(104)56-69)116(109-90(77-37-16-5-17-38-77)47-28-48-91(109)78-39-18-6-19-40-78)103-66-85(112-83-59-71-54-72(61-83)62-84(112)60-71)65-102-106(103)111(95)93-50-23-25-52-97(93)115(102)108-88(75-33-12-3-13-34-75)45-27-46-89(108)76-35-14-4-15-36-76/h1-52,63-72,79-80,83-84,104H,53-62H2. The fourth-order valence-electron chi connectivity index (χ4n) is 25.2. The molecule has 0 amide bonds. The van der Waals surface area contributed by atoms with Gasteiger partial charge < -0.3 is 24.5 Å². The van der Waals surface area contributed by atoms with E-state index < -0.39 is 0 Å². The second-order valence-corrected chi connectivity index (χ2v) is 35.4. The van der Waals surface area contributed by atoms with Gasteiger partial charge in [0.25, 0.3) is 13.4 Å². The lowest BCUT2D eigenvalue weighted by Gasteiger charge is -2.58. The molecule has 27 rings (SSSR count). The van der Waals surface area contributed by atoms with Crippen molar-refractivity contribution in [2.24, 2.45) is 35.5 Å². The summed E-state index contributed by atoms with van der Waals surface area (Å²) in [6, 6.07) is 137. The lowest BCUT2D eigenvalue weighted by molar-refractivity contribution is -0.00274. The van der Waals surface area contributed by atoms with Gasteiger partial charge in [-0.3, -0.25) is 0 Å². The third-order valence-electron chi connectivity index (χ3n) is 29.2. The highest BCUT2D eigenvalue weighted by Crippen LogP contribution is 2.63. The van der Waals surface area contributed by atoms with Crippen LogP contribution in [0.4, 0.5) is 73.9 Å². The minimum absolute atomic E-state index is 0.177. The summed E-state index contributed by atoms with van der Waals surface area (Å²) in [6.45, 7) is -0.393. The van der Waals surface area contributed by atoms with Crippen molar-refractivity contribution >= 4 is 120 Å². The maximum Gasteiger partial charge on any atom is 0.252 e. The molecule has 116 heavy (non-hydrogen) atoms. The second kappa shape index (κ2) is 26.5. The zero-order chi connectivity index (χ0) is 75.8. The molecule has 6 aliphatic heterocycles. The first-order valence-corrected chi connectivity index (χ1v) is 43.0. The third kappa shape index (κ3) is 10.3. The normalized spacial score (nSPS) is 21.6. The number of hydrogen-bond acceptors (Lipinski definition) is 5. The first-order chi connectivity index (χ1) is 57.5. The highest BCUT2D eigenvalue weighted by atomic mass is 15.3. The summed E-state index contributed by atoms with van der Waals surface area (Å²) in [6.07, 6.45) is 13.1. The van der Waals surface area contributed by atoms with Crippen LogP contribution in [-0.2, 0) is 0 Å². The maximum atomic E-state index is 2.98. The molecule has 0 radical (unpaired) electrons. The van der Waals surface area contributed by atoms with Crippen molar-refractivity contribution in [3.05, 3.63) is 357 Å². The first kappa shape index (κ1) is 66.8. The molecule has 5 nitrogen and oxygen atoms in total. The molecule has 6 aliphatic carbocycles. The van der Waals surface area contributed by atoms with Crippen molar-refractivity contribution in [1.82, 2.24) is 0 Å². The Labute approximate surface area is 682 Å². The van der Waals surface area contributed by atoms with E-state index in [0.29, 0.717) is 29.8 Å². The van der Waals surface area contributed by atoms with Crippen LogP contribution < -0.4 is 57.3 Å². The smallest absolute Gasteiger partial charge is 0.252 e. The molecule has 8 fully saturated rings. The Morgan fingerprint density at radius 2 is 0.517 bits per heavy atom. The molecule has 0 unspecified atom stereocenters. The van der Waals surface area contributed by atoms with Gasteiger partial charge in [-0.2, -0.15) is 0 Å². The summed E-state index contributed by atoms with van der Waals surface area (Å²) in [5.74, 6) is 4.96. The fourth-order valence-corrected chi connectivity index (χ4v) is 25.2. The van der Waals surface area contributed by atoms with Crippen LogP contribution in [0.15, 0.2) is 352 Å². The zero-order valence-electron chi connectivity index (χ0n) is 65.1. The largest absolute Gasteiger partial charge is 0.365 e. The number of benzene rings is 15. The quantitative estimate of drug-likeness (QED) is 0.113. The van der Waals surface area contributed by atoms with E-state index in [-0.39, 0.29) is 13.4 Å². The number of hydrogen-bond donors (Lipinski definition) is 0. The van der Waals surface area contributed by atoms with Gasteiger partial charge in [0, 0.05) is 102 Å². The first-order valence-electron chi connectivity index (χ1n) is 43.0. The Hall–Kier alpha value is -12.6. The number of piperidine rings is 2. The fraction of sp³-hybridized carbons (Fsp3) is 0.174. The monoisotopic (exact) mass is 1490 g/mol. The minimum Gasteiger partial charge on any atom is -0.365 e. The van der Waals surface area contributed by atoms with E-state index in [1.165, 1.54) is 243 Å². The Bertz CT molecular complexity index is 6180. The van der Waals surface area contributed by atoms with Gasteiger partial charge in [-0.05, 0) is 232 Å². The SMILES string of the molecule is c1ccc(-c2cccc(-c3ccccc3)c2N2c3ccccc3B3c4cc5c(cc4N(c4ccccc4)c4cc(C6C7CC8CC(C7)CC6C8)cc2c43)N(c2c(-c3ccccc3)cccc2-c2ccccc2)c2cc(N3C4CC6CC(C4)CC3C6)cc3c2B5c2ccccc2N3c2c(-c3ccccc3)cccc2-c2ccccc2)cc1. The van der Waals surface area contributed by atoms with Gasteiger partial charge in [-0.25, -0.2) is 0 Å². The molecule has 0 aromatic heterocycles. The predicted octanol–water partition coefficient (Wildman–Crippen LogP) is 24.2. The van der Waals surface area contributed by atoms with Crippen LogP contribution in [0.5, 0.6) is 0 Å². The Balaban J connectivity index is 0.825. The van der Waals surface area contributed by atoms with Crippen LogP contribution in [0, 0.1) is 35.5 Å². The van der Waals surface area contributed by atoms with E-state index >= 15 is 0 Å². The third-order valence-corrected chi connectivity index (χ3v) is 29.2. The van der Waals surface area contributed by atoms with Gasteiger partial charge >= 0.3 is 0 Å². The van der Waals surface area contributed by atoms with Crippen molar-refractivity contribution in [1.29, 1.82) is 0 Å². The molecule has 7 heteroatoms. The van der Waals surface area contributed by atoms with Gasteiger partial charge in [-0.1, -0.05) is 297 Å². The molecule has 2 saturated heterocycles. The Kier molecular flexibility index (Phi) is 15.3. The Morgan fingerprint density at radius 1 is 0.216 bits per heavy atom. The van der Waals surface area contributed by atoms with Gasteiger partial charge in [-0.15, -0.1) is 0 Å². The summed E-state index contributed by atoms with van der Waals surface area (Å²) in [7, 11) is 0. The molecule has 8 bridgehead atoms. The second-order valence-electron chi connectivity index (χ2n) is 35.4. The van der Waals surface area contributed by atoms with Gasteiger partial charge in [0.1, 0.15) is 0 Å². The van der Waals surface area contributed by atoms with E-state index in [9.17, 15) is 0 Å². The molecule has 554 valence electrons. The van der Waals surface area contributed by atoms with Crippen molar-refractivity contribution in [2.75, 3.05) is 24.5 Å². The van der Waals surface area contributed by atoms with Gasteiger partial charge in [0.05, 0.1) is 17.1 Å². The van der Waals surface area contributed by atoms with E-state index in [0.717, 1.165) is 23.7 Å². The molecule has 0 N–H and O–H groups in total. The summed E-state index contributed by atoms with van der Waals surface area (Å²) in [5, 5.41) is 0. The molecular weight excluding hydrogens is 1400 g/mol. The van der Waals surface area contributed by atoms with Crippen molar-refractivity contribution in [2.45, 2.75) is 82.2 Å². The van der Waals surface area contributed by atoms with Crippen molar-refractivity contribution in [3.8, 4) is 66.8 Å². The van der Waals surface area contributed by atoms with E-state index in [4.69, 9.17) is 0 Å². The van der Waals surface area contributed by atoms with Crippen LogP contribution in [-0.4, -0.2) is 25.5 Å². The number of para-hydroxylation sites is 6. The molecule has 6 saturated carbocycles. The number of nitrogens with zero attached hydrogens (tertiary/aromatic N) is 5. The van der Waals surface area contributed by atoms with Crippen LogP contribution in [0.25, 0.3) is 66.8 Å². The number of anilines is 13. The molecule has 0 spiro atoms. The molecule has 0 atom stereocenters. The molecule has 15 aromatic carbocycles. The summed E-state index contributed by atoms with van der Waals surface area (Å²) >= 11 is 0. The number of fused-ring (bicyclic) bond motifs is 8. The molecule has 6 heterocycles. The topological polar surface area (TPSA) is 16.2 Å². The summed E-state index contributed by atoms with van der Waals surface area (Å²) in [5.41, 5.74) is 39.8. The lowest BCUT2D eigenvalue weighted by Crippen LogP contribution is -2.65. The molecular formula is C109H87B2N5. The van der Waals surface area contributed by atoms with Crippen molar-refractivity contribution in [3.63, 3.8) is 0 Å². The zero-order valence-corrected chi connectivity index (χ0v) is 65.1. The summed E-state index contributed by atoms with van der Waals surface area (Å²) in [4.78, 5) is 14.1. The maximum absolute atomic E-state index is 2.98. The van der Waals surface area contributed by atoms with E-state index in [2.05, 4.69) is 376 Å². The van der Waals surface area contributed by atoms with Crippen molar-refractivity contribution < 1.29 is 0 Å². The van der Waals surface area contributed by atoms with Crippen LogP contribution in [0.3, 0.4) is 0 Å². The highest BCUT2D eigenvalue weighted by molar-refractivity contribution is 7.03. The average Bonchev–Trinajstić information content (AvgIpc) is 0.695. The van der Waals surface area contributed by atoms with Crippen LogP contribution in [0.1, 0.15) is 75.7 Å². The van der Waals surface area contributed by atoms with Gasteiger partial charge in [0.15, 0.2) is 0 Å². The lowest BCUT2D eigenvalue weighted by atomic mass is 9.30. The predicted molar refractivity (Wildman–Crippen MR) is 487 cm³/mol. The van der Waals surface area contributed by atoms with Gasteiger partial charge in [0.2, 0.25) is 0 Å². The average molecular weight is 1490 g/mol. The molecule has 15 aromatic rings.